The van der Waals surface area contributed by atoms with Gasteiger partial charge in [0.05, 0.1) is 23.7 Å². The average Bonchev–Trinajstić information content (AvgIpc) is 3.12. The van der Waals surface area contributed by atoms with Crippen LogP contribution in [0.1, 0.15) is 18.8 Å². The van der Waals surface area contributed by atoms with Gasteiger partial charge in [-0.3, -0.25) is 4.79 Å². The third kappa shape index (κ3) is 4.70. The number of nitrogens with zero attached hydrogens (tertiary/aromatic N) is 1. The lowest BCUT2D eigenvalue weighted by molar-refractivity contribution is -0.119. The van der Waals surface area contributed by atoms with E-state index in [1.54, 1.807) is 18.3 Å². The molecule has 2 aromatic carbocycles. The second-order valence-electron chi connectivity index (χ2n) is 5.58. The molecule has 1 atom stereocenters. The third-order valence-electron chi connectivity index (χ3n) is 3.65. The normalized spacial score (nSPS) is 11.9. The van der Waals surface area contributed by atoms with Crippen LogP contribution in [0, 0.1) is 5.82 Å². The molecule has 1 unspecified atom stereocenters. The Labute approximate surface area is 149 Å². The van der Waals surface area contributed by atoms with Gasteiger partial charge in [-0.1, -0.05) is 30.3 Å². The number of rotatable bonds is 6. The van der Waals surface area contributed by atoms with E-state index in [0.29, 0.717) is 5.82 Å². The lowest BCUT2D eigenvalue weighted by Gasteiger charge is -2.11. The number of amides is 1. The number of benzene rings is 2. The lowest BCUT2D eigenvalue weighted by Crippen LogP contribution is -2.28. The van der Waals surface area contributed by atoms with Crippen molar-refractivity contribution in [2.24, 2.45) is 0 Å². The number of aromatic nitrogens is 2. The van der Waals surface area contributed by atoms with Crippen LogP contribution in [0.2, 0.25) is 0 Å². The van der Waals surface area contributed by atoms with Crippen molar-refractivity contribution in [3.63, 3.8) is 0 Å². The van der Waals surface area contributed by atoms with Crippen molar-refractivity contribution in [1.29, 1.82) is 0 Å². The van der Waals surface area contributed by atoms with E-state index in [9.17, 15) is 9.18 Å². The minimum atomic E-state index is -0.283. The molecule has 4 nitrogen and oxygen atoms in total. The van der Waals surface area contributed by atoms with Crippen molar-refractivity contribution in [1.82, 2.24) is 15.3 Å². The third-order valence-corrected chi connectivity index (χ3v) is 4.66. The van der Waals surface area contributed by atoms with Crippen LogP contribution in [-0.2, 0) is 4.79 Å². The van der Waals surface area contributed by atoms with Gasteiger partial charge in [0.15, 0.2) is 0 Å². The van der Waals surface area contributed by atoms with E-state index in [-0.39, 0.29) is 23.5 Å². The van der Waals surface area contributed by atoms with Gasteiger partial charge < -0.3 is 10.3 Å². The topological polar surface area (TPSA) is 57.8 Å². The second-order valence-corrected chi connectivity index (χ2v) is 6.63. The summed E-state index contributed by atoms with van der Waals surface area (Å²) in [4.78, 5) is 20.5. The Balaban J connectivity index is 1.55. The van der Waals surface area contributed by atoms with Gasteiger partial charge in [-0.15, -0.1) is 11.8 Å². The molecule has 0 radical (unpaired) electrons. The molecule has 0 spiro atoms. The molecule has 0 bridgehead atoms. The van der Waals surface area contributed by atoms with E-state index in [4.69, 9.17) is 0 Å². The molecule has 0 fully saturated rings. The first-order valence-corrected chi connectivity index (χ1v) is 8.88. The average molecular weight is 355 g/mol. The number of nitrogens with one attached hydrogen (secondary N) is 2. The molecule has 1 heterocycles. The molecule has 3 rings (SSSR count). The number of halogens is 1. The molecule has 3 aromatic rings. The van der Waals surface area contributed by atoms with E-state index in [0.717, 1.165) is 16.2 Å². The number of aromatic amines is 1. The van der Waals surface area contributed by atoms with E-state index in [2.05, 4.69) is 15.3 Å². The standard InChI is InChI=1S/C19H18FN3OS/c1-13(19-21-11-17(23-19)14-5-3-2-4-6-14)22-18(24)12-25-16-9-7-15(20)8-10-16/h2-11,13H,12H2,1H3,(H,21,23)(H,22,24). The largest absolute Gasteiger partial charge is 0.346 e. The number of carbonyl (C=O) groups excluding carboxylic acids is 1. The van der Waals surface area contributed by atoms with Crippen molar-refractivity contribution in [3.8, 4) is 11.3 Å². The Bertz CT molecular complexity index is 833. The zero-order chi connectivity index (χ0) is 17.6. The molecule has 0 aliphatic carbocycles. The molecule has 1 aromatic heterocycles. The van der Waals surface area contributed by atoms with E-state index >= 15 is 0 Å². The van der Waals surface area contributed by atoms with Crippen LogP contribution < -0.4 is 5.32 Å². The smallest absolute Gasteiger partial charge is 0.230 e. The number of hydrogen-bond acceptors (Lipinski definition) is 3. The summed E-state index contributed by atoms with van der Waals surface area (Å²) in [7, 11) is 0. The Hall–Kier alpha value is -2.60. The maximum absolute atomic E-state index is 12.9. The molecule has 1 amide bonds. The number of imidazole rings is 1. The summed E-state index contributed by atoms with van der Waals surface area (Å²) in [6.45, 7) is 1.88. The van der Waals surface area contributed by atoms with Crippen LogP contribution in [0.3, 0.4) is 0 Å². The highest BCUT2D eigenvalue weighted by Gasteiger charge is 2.13. The van der Waals surface area contributed by atoms with Gasteiger partial charge in [-0.2, -0.15) is 0 Å². The monoisotopic (exact) mass is 355 g/mol. The van der Waals surface area contributed by atoms with Crippen LogP contribution >= 0.6 is 11.8 Å². The first kappa shape index (κ1) is 17.2. The van der Waals surface area contributed by atoms with Crippen molar-refractivity contribution >= 4 is 17.7 Å². The summed E-state index contributed by atoms with van der Waals surface area (Å²) in [5, 5.41) is 2.92. The second kappa shape index (κ2) is 7.98. The number of carbonyl (C=O) groups is 1. The van der Waals surface area contributed by atoms with Gasteiger partial charge in [-0.25, -0.2) is 9.37 Å². The minimum absolute atomic E-state index is 0.0977. The molecule has 0 aliphatic heterocycles. The zero-order valence-corrected chi connectivity index (χ0v) is 14.5. The maximum Gasteiger partial charge on any atom is 0.230 e. The maximum atomic E-state index is 12.9. The first-order chi connectivity index (χ1) is 12.1. The molecule has 128 valence electrons. The van der Waals surface area contributed by atoms with E-state index < -0.39 is 0 Å². The fraction of sp³-hybridized carbons (Fsp3) is 0.158. The van der Waals surface area contributed by atoms with Crippen molar-refractivity contribution < 1.29 is 9.18 Å². The van der Waals surface area contributed by atoms with Crippen LogP contribution in [0.25, 0.3) is 11.3 Å². The Morgan fingerprint density at radius 2 is 1.92 bits per heavy atom. The predicted molar refractivity (Wildman–Crippen MR) is 97.7 cm³/mol. The zero-order valence-electron chi connectivity index (χ0n) is 13.7. The van der Waals surface area contributed by atoms with Crippen molar-refractivity contribution in [2.75, 3.05) is 5.75 Å². The summed E-state index contributed by atoms with van der Waals surface area (Å²) < 4.78 is 12.9. The van der Waals surface area contributed by atoms with Crippen LogP contribution in [-0.4, -0.2) is 21.6 Å². The Morgan fingerprint density at radius 3 is 2.64 bits per heavy atom. The highest BCUT2D eigenvalue weighted by molar-refractivity contribution is 8.00. The summed E-state index contributed by atoms with van der Waals surface area (Å²) in [6, 6.07) is 15.8. The molecule has 0 saturated heterocycles. The van der Waals surface area contributed by atoms with Crippen LogP contribution in [0.4, 0.5) is 4.39 Å². The van der Waals surface area contributed by atoms with Gasteiger partial charge >= 0.3 is 0 Å². The van der Waals surface area contributed by atoms with Gasteiger partial charge in [0, 0.05) is 4.90 Å². The van der Waals surface area contributed by atoms with Crippen molar-refractivity contribution in [2.45, 2.75) is 17.9 Å². The highest BCUT2D eigenvalue weighted by atomic mass is 32.2. The quantitative estimate of drug-likeness (QED) is 0.652. The summed E-state index contributed by atoms with van der Waals surface area (Å²) in [6.07, 6.45) is 1.76. The molecular formula is C19H18FN3OS. The molecule has 0 aliphatic rings. The van der Waals surface area contributed by atoms with Gasteiger partial charge in [0.1, 0.15) is 11.6 Å². The molecule has 0 saturated carbocycles. The number of hydrogen-bond donors (Lipinski definition) is 2. The number of H-pyrrole nitrogens is 1. The lowest BCUT2D eigenvalue weighted by atomic mass is 10.2. The minimum Gasteiger partial charge on any atom is -0.346 e. The highest BCUT2D eigenvalue weighted by Crippen LogP contribution is 2.20. The van der Waals surface area contributed by atoms with E-state index in [1.807, 2.05) is 37.3 Å². The van der Waals surface area contributed by atoms with E-state index in [1.165, 1.54) is 23.9 Å². The SMILES string of the molecule is CC(NC(=O)CSc1ccc(F)cc1)c1ncc(-c2ccccc2)[nH]1. The van der Waals surface area contributed by atoms with Gasteiger partial charge in [-0.05, 0) is 36.8 Å². The fourth-order valence-corrected chi connectivity index (χ4v) is 3.06. The predicted octanol–water partition coefficient (Wildman–Crippen LogP) is 4.19. The molecular weight excluding hydrogens is 337 g/mol. The fourth-order valence-electron chi connectivity index (χ4n) is 2.35. The summed E-state index contributed by atoms with van der Waals surface area (Å²) in [5.41, 5.74) is 1.96. The first-order valence-electron chi connectivity index (χ1n) is 7.90. The van der Waals surface area contributed by atoms with Gasteiger partial charge in [0.2, 0.25) is 5.91 Å². The molecule has 25 heavy (non-hydrogen) atoms. The van der Waals surface area contributed by atoms with Crippen molar-refractivity contribution in [3.05, 3.63) is 72.4 Å². The number of thioether (sulfide) groups is 1. The molecule has 2 N–H and O–H groups in total. The van der Waals surface area contributed by atoms with Gasteiger partial charge in [0.25, 0.3) is 0 Å². The Kier molecular flexibility index (Phi) is 5.50. The summed E-state index contributed by atoms with van der Waals surface area (Å²) in [5.74, 6) is 0.593. The summed E-state index contributed by atoms with van der Waals surface area (Å²) >= 11 is 1.37. The Morgan fingerprint density at radius 1 is 1.20 bits per heavy atom. The van der Waals surface area contributed by atoms with Crippen LogP contribution in [0.5, 0.6) is 0 Å². The molecule has 6 heteroatoms. The van der Waals surface area contributed by atoms with Crippen LogP contribution in [0.15, 0.2) is 65.7 Å².